The number of hydrogen-bond donors (Lipinski definition) is 2. The van der Waals surface area contributed by atoms with Gasteiger partial charge in [-0.15, -0.1) is 0 Å². The van der Waals surface area contributed by atoms with E-state index < -0.39 is 0 Å². The van der Waals surface area contributed by atoms with E-state index in [1.54, 1.807) is 18.3 Å². The van der Waals surface area contributed by atoms with Crippen LogP contribution in [-0.4, -0.2) is 148 Å². The van der Waals surface area contributed by atoms with Gasteiger partial charge in [-0.05, 0) is 18.7 Å². The molecule has 1 aromatic carbocycles. The predicted octanol–water partition coefficient (Wildman–Crippen LogP) is 3.48. The molecule has 272 valence electrons. The normalized spacial score (nSPS) is 14.9. The van der Waals surface area contributed by atoms with Gasteiger partial charge in [-0.25, -0.2) is 9.97 Å². The molecule has 3 aromatic rings. The number of aromatic amines is 1. The quantitative estimate of drug-likeness (QED) is 0.117. The Morgan fingerprint density at radius 2 is 1.71 bits per heavy atom. The number of nitrogen functional groups attached to an aromatic ring is 1. The summed E-state index contributed by atoms with van der Waals surface area (Å²) in [5.74, 6) is 1.46. The van der Waals surface area contributed by atoms with Gasteiger partial charge in [0.1, 0.15) is 28.4 Å². The molecule has 1 fully saturated rings. The molecule has 3 heterocycles. The van der Waals surface area contributed by atoms with Gasteiger partial charge in [0.15, 0.2) is 5.12 Å². The van der Waals surface area contributed by atoms with Crippen LogP contribution < -0.4 is 10.2 Å². The summed E-state index contributed by atoms with van der Waals surface area (Å²) in [6.45, 7) is 10.9. The minimum absolute atomic E-state index is 0.00390. The number of quaternary nitrogens is 1. The lowest BCUT2D eigenvalue weighted by Crippen LogP contribution is -2.58. The van der Waals surface area contributed by atoms with Crippen LogP contribution in [0.1, 0.15) is 38.4 Å². The lowest BCUT2D eigenvalue weighted by Gasteiger charge is -2.41. The summed E-state index contributed by atoms with van der Waals surface area (Å²) in [6.07, 6.45) is 5.51. The second-order valence-electron chi connectivity index (χ2n) is 12.7. The number of nitrogens with one attached hydrogen (secondary N) is 1. The number of H-pyrrole nitrogens is 1. The maximum absolute atomic E-state index is 12.9. The Bertz CT molecular complexity index is 1480. The second kappa shape index (κ2) is 20.1. The van der Waals surface area contributed by atoms with E-state index >= 15 is 0 Å². The number of hydrogen-bond acceptors (Lipinski definition) is 11. The van der Waals surface area contributed by atoms with Crippen LogP contribution in [0.15, 0.2) is 18.2 Å². The number of nitrogens with zero attached hydrogens (tertiary/aromatic N) is 5. The summed E-state index contributed by atoms with van der Waals surface area (Å²) in [4.78, 5) is 41.6. The number of ether oxygens (including phenoxy) is 4. The van der Waals surface area contributed by atoms with E-state index in [1.807, 2.05) is 0 Å². The summed E-state index contributed by atoms with van der Waals surface area (Å²) in [6, 6.07) is 6.50. The fourth-order valence-corrected chi connectivity index (χ4v) is 6.24. The number of benzene rings is 1. The molecule has 0 unspecified atom stereocenters. The zero-order valence-electron chi connectivity index (χ0n) is 29.8. The molecule has 49 heavy (non-hydrogen) atoms. The van der Waals surface area contributed by atoms with E-state index in [1.165, 1.54) is 17.4 Å². The molecule has 1 aliphatic heterocycles. The van der Waals surface area contributed by atoms with Crippen molar-refractivity contribution < 1.29 is 28.5 Å². The van der Waals surface area contributed by atoms with E-state index in [-0.39, 0.29) is 17.4 Å². The standard InChI is InChI=1S/C35H56N7O6S/c1-5-6-7-30-38-33-28-26-27(8-9-29(28)37-35(36)34(33)39-30)42(2)17-12-40(13-18-42)14-21-48-23-16-41(15-22-46-20-11-32(44)49-4)31(43)10-19-47-25-24-45-3/h8-9,26H,5-7,10-25H2,1-4H3,(H2,36,37)(H,38,39)/q+1. The molecule has 0 bridgehead atoms. The van der Waals surface area contributed by atoms with Gasteiger partial charge in [0.2, 0.25) is 5.91 Å². The van der Waals surface area contributed by atoms with Crippen LogP contribution >= 0.6 is 11.8 Å². The number of anilines is 1. The van der Waals surface area contributed by atoms with Gasteiger partial charge in [0, 0.05) is 70.2 Å². The molecular weight excluding hydrogens is 646 g/mol. The predicted molar refractivity (Wildman–Crippen MR) is 197 cm³/mol. The number of likely N-dealkylation sites (N-methyl/N-ethyl adjacent to an activating group) is 1. The van der Waals surface area contributed by atoms with Crippen LogP contribution in [0.3, 0.4) is 0 Å². The number of imidazole rings is 1. The number of aryl methyl sites for hydroxylation is 1. The third-order valence-corrected chi connectivity index (χ3v) is 9.84. The monoisotopic (exact) mass is 702 g/mol. The van der Waals surface area contributed by atoms with Crippen LogP contribution in [0, 0.1) is 0 Å². The smallest absolute Gasteiger partial charge is 0.225 e. The van der Waals surface area contributed by atoms with Gasteiger partial charge in [-0.3, -0.25) is 19.0 Å². The minimum atomic E-state index is -0.00390. The molecule has 1 amide bonds. The zero-order chi connectivity index (χ0) is 35.1. The zero-order valence-corrected chi connectivity index (χ0v) is 30.7. The molecule has 2 aromatic heterocycles. The highest BCUT2D eigenvalue weighted by Crippen LogP contribution is 2.32. The average molecular weight is 703 g/mol. The van der Waals surface area contributed by atoms with Crippen molar-refractivity contribution >= 4 is 56.2 Å². The highest BCUT2D eigenvalue weighted by molar-refractivity contribution is 8.13. The lowest BCUT2D eigenvalue weighted by molar-refractivity contribution is -0.134. The molecular formula is C35H56N7O6S+. The first kappa shape index (κ1) is 38.9. The third kappa shape index (κ3) is 11.6. The molecule has 0 atom stereocenters. The number of amides is 1. The van der Waals surface area contributed by atoms with E-state index in [2.05, 4.69) is 47.0 Å². The summed E-state index contributed by atoms with van der Waals surface area (Å²) >= 11 is 1.20. The first-order valence-electron chi connectivity index (χ1n) is 17.5. The Balaban J connectivity index is 1.24. The Morgan fingerprint density at radius 1 is 1.00 bits per heavy atom. The number of aromatic nitrogens is 3. The van der Waals surface area contributed by atoms with Crippen LogP contribution in [0.25, 0.3) is 21.9 Å². The summed E-state index contributed by atoms with van der Waals surface area (Å²) in [7, 11) is 3.92. The van der Waals surface area contributed by atoms with Gasteiger partial charge in [0.05, 0.1) is 78.3 Å². The van der Waals surface area contributed by atoms with Gasteiger partial charge in [0.25, 0.3) is 0 Å². The van der Waals surface area contributed by atoms with Crippen molar-refractivity contribution in [3.8, 4) is 0 Å². The van der Waals surface area contributed by atoms with E-state index in [0.717, 1.165) is 84.2 Å². The molecule has 0 radical (unpaired) electrons. The maximum atomic E-state index is 12.9. The van der Waals surface area contributed by atoms with Crippen molar-refractivity contribution in [1.82, 2.24) is 29.2 Å². The lowest BCUT2D eigenvalue weighted by atomic mass is 10.1. The van der Waals surface area contributed by atoms with Crippen LogP contribution in [0.2, 0.25) is 0 Å². The molecule has 0 spiro atoms. The SMILES string of the molecule is CCCCc1nc2c([nH]1)c(N)nc1ccc([N+]3(C)CCN(CCOCCN(CCOCCC(=O)SC)C(=O)CCOCCOC)CC3)cc12. The van der Waals surface area contributed by atoms with Gasteiger partial charge in [-0.2, -0.15) is 0 Å². The molecule has 0 aliphatic carbocycles. The fraction of sp³-hybridized carbons (Fsp3) is 0.657. The highest BCUT2D eigenvalue weighted by atomic mass is 32.2. The maximum Gasteiger partial charge on any atom is 0.225 e. The van der Waals surface area contributed by atoms with Crippen molar-refractivity contribution in [3.05, 3.63) is 24.0 Å². The van der Waals surface area contributed by atoms with Gasteiger partial charge in [-0.1, -0.05) is 25.1 Å². The highest BCUT2D eigenvalue weighted by Gasteiger charge is 2.31. The average Bonchev–Trinajstić information content (AvgIpc) is 3.55. The summed E-state index contributed by atoms with van der Waals surface area (Å²) in [5, 5.41) is 1.13. The van der Waals surface area contributed by atoms with Crippen LogP contribution in [0.4, 0.5) is 11.5 Å². The number of fused-ring (bicyclic) bond motifs is 3. The Hall–Kier alpha value is -2.85. The van der Waals surface area contributed by atoms with Gasteiger partial charge < -0.3 is 34.6 Å². The fourth-order valence-electron chi connectivity index (χ4n) is 5.96. The van der Waals surface area contributed by atoms with Crippen molar-refractivity contribution in [3.63, 3.8) is 0 Å². The minimum Gasteiger partial charge on any atom is -0.382 e. The number of rotatable bonds is 22. The molecule has 13 nitrogen and oxygen atoms in total. The van der Waals surface area contributed by atoms with Crippen molar-refractivity contribution in [1.29, 1.82) is 0 Å². The Kier molecular flexibility index (Phi) is 16.0. The number of unbranched alkanes of at least 4 members (excludes halogenated alkanes) is 1. The number of carbonyl (C=O) groups is 2. The van der Waals surface area contributed by atoms with E-state index in [9.17, 15) is 9.59 Å². The summed E-state index contributed by atoms with van der Waals surface area (Å²) in [5.41, 5.74) is 10.2. The van der Waals surface area contributed by atoms with Crippen LogP contribution in [0.5, 0.6) is 0 Å². The molecule has 0 saturated carbocycles. The first-order valence-corrected chi connectivity index (χ1v) is 18.7. The first-order chi connectivity index (χ1) is 23.8. The number of pyridine rings is 1. The molecule has 1 saturated heterocycles. The Morgan fingerprint density at radius 3 is 2.43 bits per heavy atom. The number of nitrogens with two attached hydrogens (primary N) is 1. The van der Waals surface area contributed by atoms with Crippen LogP contribution in [-0.2, 0) is 35.0 Å². The molecule has 3 N–H and O–H groups in total. The summed E-state index contributed by atoms with van der Waals surface area (Å²) < 4.78 is 23.0. The Labute approximate surface area is 294 Å². The van der Waals surface area contributed by atoms with Crippen molar-refractivity contribution in [2.24, 2.45) is 0 Å². The second-order valence-corrected chi connectivity index (χ2v) is 13.5. The van der Waals surface area contributed by atoms with Crippen molar-refractivity contribution in [2.75, 3.05) is 118 Å². The van der Waals surface area contributed by atoms with Gasteiger partial charge >= 0.3 is 0 Å². The number of piperazine rings is 1. The van der Waals surface area contributed by atoms with E-state index in [0.29, 0.717) is 71.6 Å². The number of thioether (sulfide) groups is 1. The third-order valence-electron chi connectivity index (χ3n) is 9.18. The molecule has 1 aliphatic rings. The molecule has 4 rings (SSSR count). The van der Waals surface area contributed by atoms with E-state index in [4.69, 9.17) is 29.7 Å². The topological polar surface area (TPSA) is 145 Å². The largest absolute Gasteiger partial charge is 0.382 e. The molecule has 14 heteroatoms. The van der Waals surface area contributed by atoms with Crippen molar-refractivity contribution in [2.45, 2.75) is 39.0 Å². The number of carbonyl (C=O) groups excluding carboxylic acids is 2. The number of methoxy groups -OCH3 is 1.